The van der Waals surface area contributed by atoms with Gasteiger partial charge in [0.25, 0.3) is 5.91 Å². The lowest BCUT2D eigenvalue weighted by Gasteiger charge is -2.37. The molecule has 2 N–H and O–H groups in total. The van der Waals surface area contributed by atoms with Gasteiger partial charge in [0, 0.05) is 24.5 Å². The Hall–Kier alpha value is -2.82. The number of nitrogens with one attached hydrogen (secondary N) is 2. The van der Waals surface area contributed by atoms with Gasteiger partial charge in [-0.25, -0.2) is 4.98 Å². The number of nitrogens with zero attached hydrogens (tertiary/aromatic N) is 2. The fourth-order valence-electron chi connectivity index (χ4n) is 4.81. The minimum atomic E-state index is -0.0358. The van der Waals surface area contributed by atoms with Gasteiger partial charge in [-0.15, -0.1) is 0 Å². The molecule has 3 aromatic rings. The Morgan fingerprint density at radius 1 is 1.22 bits per heavy atom. The molecule has 27 heavy (non-hydrogen) atoms. The first-order valence-corrected chi connectivity index (χ1v) is 9.59. The number of rotatable bonds is 1. The highest BCUT2D eigenvalue weighted by Gasteiger charge is 2.41. The molecule has 1 aliphatic heterocycles. The van der Waals surface area contributed by atoms with Gasteiger partial charge in [0.2, 0.25) is 0 Å². The zero-order valence-electron chi connectivity index (χ0n) is 16.0. The summed E-state index contributed by atoms with van der Waals surface area (Å²) in [6.07, 6.45) is 5.91. The molecule has 5 heteroatoms. The van der Waals surface area contributed by atoms with Crippen molar-refractivity contribution < 1.29 is 4.79 Å². The van der Waals surface area contributed by atoms with Gasteiger partial charge in [0.15, 0.2) is 5.65 Å². The molecule has 0 saturated heterocycles. The molecular weight excluding hydrogens is 336 g/mol. The molecule has 3 heterocycles. The lowest BCUT2D eigenvalue weighted by Crippen LogP contribution is -2.43. The molecular formula is C22H24N4O. The molecule has 0 atom stereocenters. The van der Waals surface area contributed by atoms with Crippen LogP contribution in [0.5, 0.6) is 0 Å². The fourth-order valence-corrected chi connectivity index (χ4v) is 4.81. The van der Waals surface area contributed by atoms with Crippen molar-refractivity contribution in [2.24, 2.45) is 0 Å². The van der Waals surface area contributed by atoms with Crippen molar-refractivity contribution in [3.8, 4) is 0 Å². The Kier molecular flexibility index (Phi) is 3.39. The number of pyridine rings is 1. The Labute approximate surface area is 158 Å². The van der Waals surface area contributed by atoms with E-state index in [1.807, 2.05) is 13.1 Å². The normalized spacial score (nSPS) is 16.9. The van der Waals surface area contributed by atoms with Crippen molar-refractivity contribution in [2.45, 2.75) is 45.1 Å². The van der Waals surface area contributed by atoms with Crippen molar-refractivity contribution in [3.63, 3.8) is 0 Å². The van der Waals surface area contributed by atoms with Gasteiger partial charge in [0.05, 0.1) is 16.9 Å². The van der Waals surface area contributed by atoms with Crippen molar-refractivity contribution in [3.05, 3.63) is 64.1 Å². The Bertz CT molecular complexity index is 1070. The standard InChI is InChI=1S/C22H24N4O/c1-13-14(2)26-12-18(21(27)23-3)17-8-9-22(25-19(17)20(26)24-13)10-15-6-4-5-7-16(15)11-22/h4-7,12,25H,8-11H2,1-3H3,(H,23,27). The zero-order chi connectivity index (χ0) is 18.8. The summed E-state index contributed by atoms with van der Waals surface area (Å²) in [7, 11) is 1.69. The van der Waals surface area contributed by atoms with Crippen LogP contribution in [0.2, 0.25) is 0 Å². The second-order valence-corrected chi connectivity index (χ2v) is 7.98. The SMILES string of the molecule is CNC(=O)c1cn2c(C)c(C)nc2c2c1CCC1(Cc3ccccc3C1)N2. The summed E-state index contributed by atoms with van der Waals surface area (Å²) in [5.74, 6) is -0.0358. The molecule has 2 aliphatic rings. The quantitative estimate of drug-likeness (QED) is 0.701. The van der Waals surface area contributed by atoms with Crippen LogP contribution >= 0.6 is 0 Å². The van der Waals surface area contributed by atoms with Crippen molar-refractivity contribution in [2.75, 3.05) is 12.4 Å². The molecule has 5 rings (SSSR count). The van der Waals surface area contributed by atoms with E-state index in [4.69, 9.17) is 4.98 Å². The fraction of sp³-hybridized carbons (Fsp3) is 0.364. The van der Waals surface area contributed by atoms with E-state index in [-0.39, 0.29) is 11.4 Å². The maximum Gasteiger partial charge on any atom is 0.252 e. The summed E-state index contributed by atoms with van der Waals surface area (Å²) >= 11 is 0. The summed E-state index contributed by atoms with van der Waals surface area (Å²) in [5, 5.41) is 6.66. The summed E-state index contributed by atoms with van der Waals surface area (Å²) in [6, 6.07) is 8.72. The second kappa shape index (κ2) is 5.59. The molecule has 0 unspecified atom stereocenters. The molecule has 1 spiro atoms. The lowest BCUT2D eigenvalue weighted by molar-refractivity contribution is 0.0961. The molecule has 138 valence electrons. The van der Waals surface area contributed by atoms with Crippen LogP contribution in [-0.4, -0.2) is 27.9 Å². The molecule has 1 aromatic carbocycles. The van der Waals surface area contributed by atoms with Crippen LogP contribution < -0.4 is 10.6 Å². The third-order valence-corrected chi connectivity index (χ3v) is 6.39. The number of hydrogen-bond donors (Lipinski definition) is 2. The Balaban J connectivity index is 1.68. The van der Waals surface area contributed by atoms with Crippen LogP contribution in [0.4, 0.5) is 5.69 Å². The van der Waals surface area contributed by atoms with Crippen LogP contribution in [0.1, 0.15) is 44.9 Å². The summed E-state index contributed by atoms with van der Waals surface area (Å²) in [5.41, 5.74) is 8.77. The largest absolute Gasteiger partial charge is 0.376 e. The van der Waals surface area contributed by atoms with Gasteiger partial charge in [-0.05, 0) is 56.2 Å². The number of carbonyl (C=O) groups is 1. The van der Waals surface area contributed by atoms with Crippen molar-refractivity contribution in [1.29, 1.82) is 0 Å². The molecule has 0 bridgehead atoms. The first kappa shape index (κ1) is 16.4. The highest BCUT2D eigenvalue weighted by molar-refractivity contribution is 5.98. The topological polar surface area (TPSA) is 58.4 Å². The Morgan fingerprint density at radius 2 is 1.93 bits per heavy atom. The van der Waals surface area contributed by atoms with E-state index < -0.39 is 0 Å². The average Bonchev–Trinajstić information content (AvgIpc) is 3.17. The van der Waals surface area contributed by atoms with Gasteiger partial charge in [0.1, 0.15) is 0 Å². The van der Waals surface area contributed by atoms with E-state index in [9.17, 15) is 4.79 Å². The minimum absolute atomic E-state index is 0.0201. The van der Waals surface area contributed by atoms with Crippen molar-refractivity contribution >= 4 is 17.2 Å². The zero-order valence-corrected chi connectivity index (χ0v) is 16.0. The molecule has 1 amide bonds. The first-order valence-electron chi connectivity index (χ1n) is 9.59. The predicted octanol–water partition coefficient (Wildman–Crippen LogP) is 3.21. The van der Waals surface area contributed by atoms with Gasteiger partial charge < -0.3 is 15.0 Å². The van der Waals surface area contributed by atoms with Crippen molar-refractivity contribution in [1.82, 2.24) is 14.7 Å². The van der Waals surface area contributed by atoms with E-state index in [0.29, 0.717) is 0 Å². The van der Waals surface area contributed by atoms with E-state index in [1.54, 1.807) is 7.05 Å². The predicted molar refractivity (Wildman–Crippen MR) is 107 cm³/mol. The maximum absolute atomic E-state index is 12.6. The number of aromatic nitrogens is 2. The number of hydrogen-bond acceptors (Lipinski definition) is 3. The van der Waals surface area contributed by atoms with Gasteiger partial charge in [-0.3, -0.25) is 4.79 Å². The molecule has 0 radical (unpaired) electrons. The van der Waals surface area contributed by atoms with Crippen LogP contribution in [0.3, 0.4) is 0 Å². The number of amides is 1. The highest BCUT2D eigenvalue weighted by atomic mass is 16.1. The summed E-state index contributed by atoms with van der Waals surface area (Å²) in [4.78, 5) is 17.4. The van der Waals surface area contributed by atoms with E-state index >= 15 is 0 Å². The molecule has 2 aromatic heterocycles. The monoisotopic (exact) mass is 360 g/mol. The van der Waals surface area contributed by atoms with E-state index in [1.165, 1.54) is 11.1 Å². The number of carbonyl (C=O) groups excluding carboxylic acids is 1. The van der Waals surface area contributed by atoms with E-state index in [2.05, 4.69) is 46.2 Å². The second-order valence-electron chi connectivity index (χ2n) is 7.98. The third kappa shape index (κ3) is 2.30. The number of fused-ring (bicyclic) bond motifs is 4. The van der Waals surface area contributed by atoms with Crippen LogP contribution in [0.25, 0.3) is 5.65 Å². The number of imidazole rings is 1. The number of aryl methyl sites for hydroxylation is 2. The van der Waals surface area contributed by atoms with Crippen LogP contribution in [0, 0.1) is 13.8 Å². The van der Waals surface area contributed by atoms with E-state index in [0.717, 1.165) is 59.5 Å². The number of anilines is 1. The molecule has 0 fully saturated rings. The lowest BCUT2D eigenvalue weighted by atomic mass is 9.82. The smallest absolute Gasteiger partial charge is 0.252 e. The van der Waals surface area contributed by atoms with Gasteiger partial charge >= 0.3 is 0 Å². The summed E-state index contributed by atoms with van der Waals surface area (Å²) < 4.78 is 2.06. The molecule has 0 saturated carbocycles. The highest BCUT2D eigenvalue weighted by Crippen LogP contribution is 2.43. The average molecular weight is 360 g/mol. The number of benzene rings is 1. The molecule has 5 nitrogen and oxygen atoms in total. The Morgan fingerprint density at radius 3 is 2.59 bits per heavy atom. The van der Waals surface area contributed by atoms with Crippen LogP contribution in [0.15, 0.2) is 30.5 Å². The van der Waals surface area contributed by atoms with Crippen LogP contribution in [-0.2, 0) is 19.3 Å². The maximum atomic E-state index is 12.6. The van der Waals surface area contributed by atoms with Gasteiger partial charge in [-0.1, -0.05) is 24.3 Å². The summed E-state index contributed by atoms with van der Waals surface area (Å²) in [6.45, 7) is 4.08. The minimum Gasteiger partial charge on any atom is -0.376 e. The van der Waals surface area contributed by atoms with Gasteiger partial charge in [-0.2, -0.15) is 0 Å². The first-order chi connectivity index (χ1) is 13.0. The third-order valence-electron chi connectivity index (χ3n) is 6.39. The molecule has 1 aliphatic carbocycles.